The summed E-state index contributed by atoms with van der Waals surface area (Å²) >= 11 is 0. The third-order valence-electron chi connectivity index (χ3n) is 5.23. The molecule has 5 atom stereocenters. The maximum absolute atomic E-state index is 13.3. The molecule has 4 rings (SSSR count). The minimum atomic E-state index is -1.87. The van der Waals surface area contributed by atoms with E-state index in [1.165, 1.54) is 12.1 Å². The summed E-state index contributed by atoms with van der Waals surface area (Å²) in [5.41, 5.74) is -1.41. The molecule has 2 heterocycles. The maximum Gasteiger partial charge on any atom is 0.239 e. The molecule has 1 fully saturated rings. The highest BCUT2D eigenvalue weighted by molar-refractivity contribution is 5.88. The van der Waals surface area contributed by atoms with Gasteiger partial charge < -0.3 is 54.7 Å². The van der Waals surface area contributed by atoms with Crippen LogP contribution in [0.3, 0.4) is 0 Å². The van der Waals surface area contributed by atoms with Gasteiger partial charge in [0.2, 0.25) is 17.5 Å². The molecule has 0 bridgehead atoms. The summed E-state index contributed by atoms with van der Waals surface area (Å²) in [6.07, 6.45) is -8.46. The third-order valence-corrected chi connectivity index (χ3v) is 5.23. The molecule has 1 aromatic heterocycles. The van der Waals surface area contributed by atoms with Gasteiger partial charge in [0, 0.05) is 18.2 Å². The van der Waals surface area contributed by atoms with Crippen LogP contribution in [-0.2, 0) is 4.74 Å². The van der Waals surface area contributed by atoms with Crippen LogP contribution in [0, 0.1) is 0 Å². The highest BCUT2D eigenvalue weighted by Crippen LogP contribution is 2.40. The van der Waals surface area contributed by atoms with Crippen molar-refractivity contribution in [3.05, 3.63) is 40.6 Å². The van der Waals surface area contributed by atoms with Crippen molar-refractivity contribution in [2.24, 2.45) is 0 Å². The van der Waals surface area contributed by atoms with Crippen LogP contribution in [-0.4, -0.2) is 78.2 Å². The number of hydrogen-bond donors (Lipinski definition) is 8. The minimum Gasteiger partial charge on any atom is -0.508 e. The first kappa shape index (κ1) is 22.6. The molecule has 8 N–H and O–H groups in total. The Kier molecular flexibility index (Phi) is 5.78. The zero-order chi connectivity index (χ0) is 24.0. The Morgan fingerprint density at radius 2 is 1.58 bits per heavy atom. The predicted octanol–water partition coefficient (Wildman–Crippen LogP) is -0.539. The summed E-state index contributed by atoms with van der Waals surface area (Å²) in [5.74, 6) is -3.00. The quantitative estimate of drug-likeness (QED) is 0.245. The summed E-state index contributed by atoms with van der Waals surface area (Å²) < 4.78 is 16.4. The van der Waals surface area contributed by atoms with E-state index in [4.69, 9.17) is 13.9 Å². The fourth-order valence-electron chi connectivity index (χ4n) is 3.55. The Morgan fingerprint density at radius 1 is 0.879 bits per heavy atom. The number of benzene rings is 2. The summed E-state index contributed by atoms with van der Waals surface area (Å²) in [6.45, 7) is -0.747. The van der Waals surface area contributed by atoms with Gasteiger partial charge in [-0.3, -0.25) is 4.79 Å². The molecule has 0 aliphatic carbocycles. The number of ether oxygens (including phenoxy) is 2. The van der Waals surface area contributed by atoms with Crippen molar-refractivity contribution in [2.75, 3.05) is 6.61 Å². The van der Waals surface area contributed by atoms with Gasteiger partial charge in [-0.15, -0.1) is 0 Å². The van der Waals surface area contributed by atoms with E-state index >= 15 is 0 Å². The average Bonchev–Trinajstić information content (AvgIpc) is 2.75. The second-order valence-corrected chi connectivity index (χ2v) is 7.44. The molecule has 33 heavy (non-hydrogen) atoms. The van der Waals surface area contributed by atoms with Gasteiger partial charge in [0.25, 0.3) is 0 Å². The zero-order valence-corrected chi connectivity index (χ0v) is 16.7. The number of phenolic OH excluding ortho intramolecular Hbond substituents is 4. The molecule has 0 unspecified atom stereocenters. The van der Waals surface area contributed by atoms with Crippen LogP contribution in [0.2, 0.25) is 0 Å². The van der Waals surface area contributed by atoms with E-state index in [1.807, 2.05) is 0 Å². The molecule has 1 aliphatic rings. The van der Waals surface area contributed by atoms with Crippen LogP contribution in [0.1, 0.15) is 0 Å². The number of hydrogen-bond acceptors (Lipinski definition) is 12. The summed E-state index contributed by atoms with van der Waals surface area (Å²) in [7, 11) is 0. The molecule has 3 aromatic rings. The molecule has 176 valence electrons. The molecular weight excluding hydrogens is 444 g/mol. The standard InChI is InChI=1S/C21H20O12/c22-6-13-15(27)17(29)18(30)21(32-13)33-20-16(28)14-11(26)4-8(24)5-12(14)31-19(20)9-2-1-7(23)3-10(9)25/h1-5,13,15,17-18,21-27,29-30H,6H2/t13-,15+,17+,18-,21+/m1/s1. The van der Waals surface area contributed by atoms with Gasteiger partial charge in [0.05, 0.1) is 12.2 Å². The summed E-state index contributed by atoms with van der Waals surface area (Å²) in [6, 6.07) is 5.25. The molecule has 12 heteroatoms. The van der Waals surface area contributed by atoms with E-state index in [9.17, 15) is 45.6 Å². The second kappa shape index (κ2) is 8.42. The van der Waals surface area contributed by atoms with Gasteiger partial charge in [-0.2, -0.15) is 0 Å². The number of aliphatic hydroxyl groups is 4. The lowest BCUT2D eigenvalue weighted by Crippen LogP contribution is -2.60. The lowest BCUT2D eigenvalue weighted by atomic mass is 9.99. The normalized spacial score (nSPS) is 25.3. The van der Waals surface area contributed by atoms with E-state index < -0.39 is 76.9 Å². The van der Waals surface area contributed by atoms with Crippen molar-refractivity contribution in [3.8, 4) is 40.1 Å². The SMILES string of the molecule is O=c1c(O[C@@H]2O[C@H](CO)[C@H](O)[C@H](O)[C@H]2O)c(-c2ccc(O)cc2O)oc2cc(O)cc(O)c12. The first-order valence-electron chi connectivity index (χ1n) is 9.64. The van der Waals surface area contributed by atoms with Crippen LogP contribution in [0.15, 0.2) is 39.5 Å². The lowest BCUT2D eigenvalue weighted by molar-refractivity contribution is -0.277. The summed E-state index contributed by atoms with van der Waals surface area (Å²) in [4.78, 5) is 13.3. The largest absolute Gasteiger partial charge is 0.508 e. The highest BCUT2D eigenvalue weighted by Gasteiger charge is 2.45. The number of rotatable bonds is 4. The fourth-order valence-corrected chi connectivity index (χ4v) is 3.55. The number of fused-ring (bicyclic) bond motifs is 1. The Labute approximate surface area is 184 Å². The average molecular weight is 464 g/mol. The van der Waals surface area contributed by atoms with Gasteiger partial charge >= 0.3 is 0 Å². The molecule has 0 spiro atoms. The predicted molar refractivity (Wildman–Crippen MR) is 109 cm³/mol. The van der Waals surface area contributed by atoms with Crippen LogP contribution >= 0.6 is 0 Å². The van der Waals surface area contributed by atoms with Gasteiger partial charge in [0.1, 0.15) is 58.4 Å². The molecule has 0 radical (unpaired) electrons. The van der Waals surface area contributed by atoms with Crippen LogP contribution in [0.5, 0.6) is 28.7 Å². The van der Waals surface area contributed by atoms with E-state index in [-0.39, 0.29) is 16.9 Å². The van der Waals surface area contributed by atoms with Gasteiger partial charge in [-0.25, -0.2) is 0 Å². The third kappa shape index (κ3) is 3.90. The Hall–Kier alpha value is -3.55. The molecule has 1 aliphatic heterocycles. The zero-order valence-electron chi connectivity index (χ0n) is 16.7. The van der Waals surface area contributed by atoms with Crippen molar-refractivity contribution in [1.29, 1.82) is 0 Å². The number of phenols is 4. The molecular formula is C21H20O12. The minimum absolute atomic E-state index is 0.144. The molecule has 0 saturated carbocycles. The first-order valence-corrected chi connectivity index (χ1v) is 9.64. The highest BCUT2D eigenvalue weighted by atomic mass is 16.7. The van der Waals surface area contributed by atoms with Gasteiger partial charge in [0.15, 0.2) is 5.76 Å². The maximum atomic E-state index is 13.3. The van der Waals surface area contributed by atoms with Crippen molar-refractivity contribution >= 4 is 11.0 Å². The Bertz CT molecular complexity index is 1250. The van der Waals surface area contributed by atoms with Crippen LogP contribution < -0.4 is 10.2 Å². The first-order chi connectivity index (χ1) is 15.6. The smallest absolute Gasteiger partial charge is 0.239 e. The topological polar surface area (TPSA) is 211 Å². The Balaban J connectivity index is 1.92. The van der Waals surface area contributed by atoms with E-state index in [2.05, 4.69) is 0 Å². The van der Waals surface area contributed by atoms with E-state index in [0.717, 1.165) is 18.2 Å². The number of aromatic hydroxyl groups is 4. The number of aliphatic hydroxyl groups excluding tert-OH is 4. The van der Waals surface area contributed by atoms with E-state index in [1.54, 1.807) is 0 Å². The second-order valence-electron chi connectivity index (χ2n) is 7.44. The van der Waals surface area contributed by atoms with Crippen LogP contribution in [0.25, 0.3) is 22.3 Å². The summed E-state index contributed by atoms with van der Waals surface area (Å²) in [5, 5.41) is 79.0. The van der Waals surface area contributed by atoms with E-state index in [0.29, 0.717) is 0 Å². The van der Waals surface area contributed by atoms with Crippen molar-refractivity contribution in [3.63, 3.8) is 0 Å². The van der Waals surface area contributed by atoms with Gasteiger partial charge in [-0.1, -0.05) is 0 Å². The van der Waals surface area contributed by atoms with Gasteiger partial charge in [-0.05, 0) is 12.1 Å². The van der Waals surface area contributed by atoms with Crippen molar-refractivity contribution < 1.29 is 54.7 Å². The van der Waals surface area contributed by atoms with Crippen molar-refractivity contribution in [2.45, 2.75) is 30.7 Å². The monoisotopic (exact) mass is 464 g/mol. The van der Waals surface area contributed by atoms with Crippen molar-refractivity contribution in [1.82, 2.24) is 0 Å². The van der Waals surface area contributed by atoms with Crippen LogP contribution in [0.4, 0.5) is 0 Å². The lowest BCUT2D eigenvalue weighted by Gasteiger charge is -2.39. The fraction of sp³-hybridized carbons (Fsp3) is 0.286. The molecule has 1 saturated heterocycles. The molecule has 0 amide bonds. The molecule has 12 nitrogen and oxygen atoms in total. The molecule has 2 aromatic carbocycles. The Morgan fingerprint density at radius 3 is 2.24 bits per heavy atom.